The van der Waals surface area contributed by atoms with E-state index in [0.717, 1.165) is 12.4 Å². The summed E-state index contributed by atoms with van der Waals surface area (Å²) in [5, 5.41) is 0. The first kappa shape index (κ1) is 14.6. The summed E-state index contributed by atoms with van der Waals surface area (Å²) in [7, 11) is 0. The van der Waals surface area contributed by atoms with E-state index < -0.39 is 0 Å². The Labute approximate surface area is 109 Å². The Morgan fingerprint density at radius 3 is 2.41 bits per heavy atom. The highest BCUT2D eigenvalue weighted by Gasteiger charge is 2.10. The molecule has 0 fully saturated rings. The summed E-state index contributed by atoms with van der Waals surface area (Å²) in [6, 6.07) is 10.4. The number of thioether (sulfide) groups is 1. The third-order valence-corrected chi connectivity index (χ3v) is 3.34. The molecule has 3 heteroatoms. The standard InChI is InChI=1S/C14H22O2S/c1-4-15-13(10-16-12(2)3)11-17-14-8-6-5-7-9-14/h5-9,12-13H,4,10-11H2,1-3H3. The van der Waals surface area contributed by atoms with Crippen LogP contribution in [0.2, 0.25) is 0 Å². The zero-order chi connectivity index (χ0) is 12.5. The Kier molecular flexibility index (Phi) is 7.33. The lowest BCUT2D eigenvalue weighted by Gasteiger charge is -2.18. The molecule has 0 heterocycles. The van der Waals surface area contributed by atoms with Crippen LogP contribution in [0.15, 0.2) is 35.2 Å². The summed E-state index contributed by atoms with van der Waals surface area (Å²) < 4.78 is 11.3. The maximum Gasteiger partial charge on any atom is 0.0902 e. The summed E-state index contributed by atoms with van der Waals surface area (Å²) in [6.45, 7) is 7.53. The molecule has 0 aliphatic rings. The second-order valence-electron chi connectivity index (χ2n) is 4.08. The smallest absolute Gasteiger partial charge is 0.0902 e. The quantitative estimate of drug-likeness (QED) is 0.660. The Bertz CT molecular complexity index is 288. The van der Waals surface area contributed by atoms with Crippen molar-refractivity contribution in [3.63, 3.8) is 0 Å². The van der Waals surface area contributed by atoms with Gasteiger partial charge in [-0.25, -0.2) is 0 Å². The number of hydrogen-bond donors (Lipinski definition) is 0. The summed E-state index contributed by atoms with van der Waals surface area (Å²) in [5.74, 6) is 0.935. The van der Waals surface area contributed by atoms with Gasteiger partial charge in [-0.3, -0.25) is 0 Å². The highest BCUT2D eigenvalue weighted by Crippen LogP contribution is 2.19. The monoisotopic (exact) mass is 254 g/mol. The van der Waals surface area contributed by atoms with Crippen LogP contribution in [0.5, 0.6) is 0 Å². The first-order chi connectivity index (χ1) is 8.22. The molecule has 0 aliphatic heterocycles. The molecule has 1 atom stereocenters. The van der Waals surface area contributed by atoms with Gasteiger partial charge < -0.3 is 9.47 Å². The number of rotatable bonds is 8. The van der Waals surface area contributed by atoms with Crippen molar-refractivity contribution in [2.45, 2.75) is 37.9 Å². The van der Waals surface area contributed by atoms with Gasteiger partial charge in [0.05, 0.1) is 18.8 Å². The van der Waals surface area contributed by atoms with Crippen LogP contribution in [0.4, 0.5) is 0 Å². The van der Waals surface area contributed by atoms with Gasteiger partial charge in [0.15, 0.2) is 0 Å². The van der Waals surface area contributed by atoms with E-state index in [0.29, 0.717) is 6.61 Å². The van der Waals surface area contributed by atoms with Crippen molar-refractivity contribution in [2.75, 3.05) is 19.0 Å². The lowest BCUT2D eigenvalue weighted by molar-refractivity contribution is -0.0201. The summed E-state index contributed by atoms with van der Waals surface area (Å²) >= 11 is 1.82. The molecule has 17 heavy (non-hydrogen) atoms. The average Bonchev–Trinajstić information content (AvgIpc) is 2.34. The van der Waals surface area contributed by atoms with Gasteiger partial charge in [0, 0.05) is 17.3 Å². The first-order valence-corrected chi connectivity index (χ1v) is 7.12. The Morgan fingerprint density at radius 1 is 1.12 bits per heavy atom. The van der Waals surface area contributed by atoms with Gasteiger partial charge >= 0.3 is 0 Å². The lowest BCUT2D eigenvalue weighted by atomic mass is 10.4. The van der Waals surface area contributed by atoms with Crippen LogP contribution in [0.25, 0.3) is 0 Å². The van der Waals surface area contributed by atoms with Crippen molar-refractivity contribution in [3.8, 4) is 0 Å². The topological polar surface area (TPSA) is 18.5 Å². The molecular weight excluding hydrogens is 232 g/mol. The van der Waals surface area contributed by atoms with Gasteiger partial charge in [0.2, 0.25) is 0 Å². The summed E-state index contributed by atoms with van der Waals surface area (Å²) in [6.07, 6.45) is 0.437. The van der Waals surface area contributed by atoms with Crippen LogP contribution < -0.4 is 0 Å². The van der Waals surface area contributed by atoms with E-state index >= 15 is 0 Å². The minimum Gasteiger partial charge on any atom is -0.376 e. The molecule has 2 nitrogen and oxygen atoms in total. The molecule has 1 rings (SSSR count). The molecule has 0 spiro atoms. The first-order valence-electron chi connectivity index (χ1n) is 6.13. The fraction of sp³-hybridized carbons (Fsp3) is 0.571. The molecular formula is C14H22O2S. The second kappa shape index (κ2) is 8.56. The molecule has 1 aromatic rings. The third kappa shape index (κ3) is 6.71. The molecule has 0 aliphatic carbocycles. The molecule has 0 radical (unpaired) electrons. The van der Waals surface area contributed by atoms with Crippen molar-refractivity contribution < 1.29 is 9.47 Å². The van der Waals surface area contributed by atoms with Crippen molar-refractivity contribution in [2.24, 2.45) is 0 Å². The van der Waals surface area contributed by atoms with Crippen LogP contribution in [0.3, 0.4) is 0 Å². The maximum absolute atomic E-state index is 5.67. The lowest BCUT2D eigenvalue weighted by Crippen LogP contribution is -2.24. The number of ether oxygens (including phenoxy) is 2. The van der Waals surface area contributed by atoms with Gasteiger partial charge in [0.25, 0.3) is 0 Å². The summed E-state index contributed by atoms with van der Waals surface area (Å²) in [5.41, 5.74) is 0. The fourth-order valence-electron chi connectivity index (χ4n) is 1.39. The minimum absolute atomic E-state index is 0.174. The van der Waals surface area contributed by atoms with Crippen molar-refractivity contribution >= 4 is 11.8 Å². The maximum atomic E-state index is 5.67. The van der Waals surface area contributed by atoms with E-state index in [1.54, 1.807) is 0 Å². The van der Waals surface area contributed by atoms with Crippen LogP contribution in [-0.2, 0) is 9.47 Å². The molecule has 1 aromatic carbocycles. The second-order valence-corrected chi connectivity index (χ2v) is 5.18. The SMILES string of the molecule is CCOC(COC(C)C)CSc1ccccc1. The molecule has 0 saturated heterocycles. The van der Waals surface area contributed by atoms with Gasteiger partial charge in [0.1, 0.15) is 0 Å². The zero-order valence-electron chi connectivity index (χ0n) is 10.9. The van der Waals surface area contributed by atoms with E-state index in [-0.39, 0.29) is 12.2 Å². The molecule has 0 bridgehead atoms. The van der Waals surface area contributed by atoms with Gasteiger partial charge in [-0.15, -0.1) is 11.8 Å². The van der Waals surface area contributed by atoms with Crippen molar-refractivity contribution in [3.05, 3.63) is 30.3 Å². The summed E-state index contributed by atoms with van der Waals surface area (Å²) in [4.78, 5) is 1.28. The highest BCUT2D eigenvalue weighted by atomic mass is 32.2. The molecule has 0 N–H and O–H groups in total. The zero-order valence-corrected chi connectivity index (χ0v) is 11.7. The molecule has 96 valence electrons. The Morgan fingerprint density at radius 2 is 1.82 bits per heavy atom. The third-order valence-electron chi connectivity index (χ3n) is 2.20. The van der Waals surface area contributed by atoms with Crippen LogP contribution in [-0.4, -0.2) is 31.2 Å². The van der Waals surface area contributed by atoms with Gasteiger partial charge in [-0.2, -0.15) is 0 Å². The average molecular weight is 254 g/mol. The number of hydrogen-bond acceptors (Lipinski definition) is 3. The predicted molar refractivity (Wildman–Crippen MR) is 73.7 cm³/mol. The Balaban J connectivity index is 2.33. The highest BCUT2D eigenvalue weighted by molar-refractivity contribution is 7.99. The van der Waals surface area contributed by atoms with Crippen LogP contribution in [0.1, 0.15) is 20.8 Å². The van der Waals surface area contributed by atoms with E-state index in [1.807, 2.05) is 38.6 Å². The largest absolute Gasteiger partial charge is 0.376 e. The van der Waals surface area contributed by atoms with Gasteiger partial charge in [-0.05, 0) is 32.9 Å². The predicted octanol–water partition coefficient (Wildman–Crippen LogP) is 3.61. The van der Waals surface area contributed by atoms with Crippen LogP contribution >= 0.6 is 11.8 Å². The Hall–Kier alpha value is -0.510. The number of benzene rings is 1. The van der Waals surface area contributed by atoms with Crippen molar-refractivity contribution in [1.29, 1.82) is 0 Å². The minimum atomic E-state index is 0.174. The normalized spacial score (nSPS) is 12.9. The molecule has 0 amide bonds. The fourth-order valence-corrected chi connectivity index (χ4v) is 2.31. The van der Waals surface area contributed by atoms with Crippen molar-refractivity contribution in [1.82, 2.24) is 0 Å². The van der Waals surface area contributed by atoms with Gasteiger partial charge in [-0.1, -0.05) is 18.2 Å². The molecule has 0 saturated carbocycles. The van der Waals surface area contributed by atoms with E-state index in [4.69, 9.17) is 9.47 Å². The molecule has 0 aromatic heterocycles. The van der Waals surface area contributed by atoms with E-state index in [2.05, 4.69) is 24.3 Å². The van der Waals surface area contributed by atoms with Crippen LogP contribution in [0, 0.1) is 0 Å². The van der Waals surface area contributed by atoms with E-state index in [1.165, 1.54) is 4.90 Å². The van der Waals surface area contributed by atoms with E-state index in [9.17, 15) is 0 Å². The molecule has 1 unspecified atom stereocenters.